The van der Waals surface area contributed by atoms with Gasteiger partial charge in [0.1, 0.15) is 5.54 Å². The van der Waals surface area contributed by atoms with E-state index in [1.165, 1.54) is 4.90 Å². The highest BCUT2D eigenvalue weighted by Crippen LogP contribution is 2.60. The number of likely N-dealkylation sites (tertiary alicyclic amines) is 1. The molecule has 1 N–H and O–H groups in total. The van der Waals surface area contributed by atoms with E-state index in [-0.39, 0.29) is 36.4 Å². The fourth-order valence-electron chi connectivity index (χ4n) is 6.41. The maximum absolute atomic E-state index is 13.6. The lowest BCUT2D eigenvalue weighted by Crippen LogP contribution is -2.54. The number of nitrogens with one attached hydrogen (secondary N) is 1. The first kappa shape index (κ1) is 17.9. The topological polar surface area (TPSA) is 79.0 Å². The number of amides is 3. The van der Waals surface area contributed by atoms with Crippen molar-refractivity contribution >= 4 is 35.0 Å². The van der Waals surface area contributed by atoms with E-state index in [9.17, 15) is 14.4 Å². The van der Waals surface area contributed by atoms with Crippen molar-refractivity contribution < 1.29 is 19.1 Å². The van der Waals surface area contributed by atoms with Gasteiger partial charge >= 0.3 is 0 Å². The smallest absolute Gasteiger partial charge is 0.250 e. The summed E-state index contributed by atoms with van der Waals surface area (Å²) < 4.78 is 5.68. The zero-order chi connectivity index (χ0) is 19.9. The van der Waals surface area contributed by atoms with Crippen molar-refractivity contribution in [1.29, 1.82) is 0 Å². The fraction of sp³-hybridized carbons (Fsp3) is 0.571. The number of rotatable bonds is 2. The van der Waals surface area contributed by atoms with E-state index in [1.807, 2.05) is 0 Å². The molecule has 1 aromatic rings. The lowest BCUT2D eigenvalue weighted by Gasteiger charge is -2.36. The summed E-state index contributed by atoms with van der Waals surface area (Å²) in [5, 5.41) is 3.48. The normalized spacial score (nSPS) is 38.1. The van der Waals surface area contributed by atoms with Crippen LogP contribution in [-0.4, -0.2) is 59.4 Å². The summed E-state index contributed by atoms with van der Waals surface area (Å²) in [4.78, 5) is 44.0. The van der Waals surface area contributed by atoms with E-state index in [0.717, 1.165) is 31.2 Å². The van der Waals surface area contributed by atoms with Gasteiger partial charge in [0.05, 0.1) is 24.5 Å². The molecule has 5 aliphatic rings. The minimum Gasteiger partial charge on any atom is -0.376 e. The number of nitrogens with zero attached hydrogens (tertiary/aromatic N) is 2. The summed E-state index contributed by atoms with van der Waals surface area (Å²) in [5.74, 6) is -1.79. The van der Waals surface area contributed by atoms with Crippen molar-refractivity contribution in [1.82, 2.24) is 9.80 Å². The fourth-order valence-corrected chi connectivity index (χ4v) is 6.58. The van der Waals surface area contributed by atoms with Crippen molar-refractivity contribution in [3.8, 4) is 0 Å². The van der Waals surface area contributed by atoms with Crippen LogP contribution in [0.4, 0.5) is 5.69 Å². The number of fused-ring (bicyclic) bond motifs is 7. The van der Waals surface area contributed by atoms with Crippen LogP contribution in [0.5, 0.6) is 0 Å². The molecule has 0 saturated carbocycles. The van der Waals surface area contributed by atoms with E-state index < -0.39 is 17.4 Å². The van der Waals surface area contributed by atoms with Crippen molar-refractivity contribution in [2.45, 2.75) is 43.4 Å². The Morgan fingerprint density at radius 1 is 1.17 bits per heavy atom. The van der Waals surface area contributed by atoms with Crippen LogP contribution in [0.1, 0.15) is 31.2 Å². The molecule has 0 radical (unpaired) electrons. The predicted octanol–water partition coefficient (Wildman–Crippen LogP) is 1.75. The summed E-state index contributed by atoms with van der Waals surface area (Å²) in [7, 11) is 0. The van der Waals surface area contributed by atoms with Gasteiger partial charge in [-0.3, -0.25) is 24.2 Å². The Morgan fingerprint density at radius 3 is 2.83 bits per heavy atom. The average molecular weight is 416 g/mol. The van der Waals surface area contributed by atoms with Gasteiger partial charge in [-0.25, -0.2) is 0 Å². The molecule has 5 heterocycles. The molecule has 4 fully saturated rings. The van der Waals surface area contributed by atoms with Crippen molar-refractivity contribution in [3.05, 3.63) is 28.8 Å². The average Bonchev–Trinajstić information content (AvgIpc) is 3.47. The highest BCUT2D eigenvalue weighted by atomic mass is 35.5. The first-order valence-corrected chi connectivity index (χ1v) is 10.8. The molecule has 5 atom stereocenters. The number of carbonyl (C=O) groups excluding carboxylic acids is 3. The van der Waals surface area contributed by atoms with E-state index in [1.54, 1.807) is 18.2 Å². The molecule has 3 amide bonds. The molecular weight excluding hydrogens is 394 g/mol. The maximum Gasteiger partial charge on any atom is 0.250 e. The summed E-state index contributed by atoms with van der Waals surface area (Å²) in [5.41, 5.74) is 0.266. The maximum atomic E-state index is 13.6. The summed E-state index contributed by atoms with van der Waals surface area (Å²) in [6.07, 6.45) is 3.43. The number of halogens is 1. The molecule has 6 rings (SSSR count). The van der Waals surface area contributed by atoms with Gasteiger partial charge in [0.25, 0.3) is 0 Å². The van der Waals surface area contributed by atoms with Crippen LogP contribution in [0.15, 0.2) is 18.2 Å². The number of hydrogen-bond acceptors (Lipinski definition) is 5. The Balaban J connectivity index is 1.48. The largest absolute Gasteiger partial charge is 0.376 e. The summed E-state index contributed by atoms with van der Waals surface area (Å²) in [6.45, 7) is 1.66. The van der Waals surface area contributed by atoms with Crippen molar-refractivity contribution in [2.75, 3.05) is 25.0 Å². The number of anilines is 1. The van der Waals surface area contributed by atoms with Crippen molar-refractivity contribution in [3.63, 3.8) is 0 Å². The minimum atomic E-state index is -1.15. The first-order valence-electron chi connectivity index (χ1n) is 10.4. The van der Waals surface area contributed by atoms with Gasteiger partial charge in [-0.05, 0) is 50.4 Å². The monoisotopic (exact) mass is 415 g/mol. The molecule has 0 bridgehead atoms. The number of ether oxygens (including phenoxy) is 1. The number of benzene rings is 1. The molecule has 1 spiro atoms. The van der Waals surface area contributed by atoms with Crippen LogP contribution in [0.2, 0.25) is 5.02 Å². The second-order valence-corrected chi connectivity index (χ2v) is 9.18. The molecule has 29 heavy (non-hydrogen) atoms. The minimum absolute atomic E-state index is 0.0957. The van der Waals surface area contributed by atoms with Gasteiger partial charge in [-0.1, -0.05) is 11.6 Å². The molecule has 1 aromatic carbocycles. The SMILES string of the molecule is O=C1[C@@H]2[C@H]3CCCN3[C@]3(C(=O)Nc4ccc(Cl)cc43)[C@@H]2C(=O)N1CC1CCCO1. The highest BCUT2D eigenvalue weighted by molar-refractivity contribution is 6.31. The first-order chi connectivity index (χ1) is 14.0. The molecule has 8 heteroatoms. The van der Waals surface area contributed by atoms with Crippen LogP contribution in [-0.2, 0) is 24.7 Å². The number of imide groups is 1. The molecular formula is C21H22ClN3O4. The van der Waals surface area contributed by atoms with Crippen LogP contribution in [0, 0.1) is 11.8 Å². The Hall–Kier alpha value is -1.96. The molecule has 4 saturated heterocycles. The third-order valence-electron chi connectivity index (χ3n) is 7.46. The Kier molecular flexibility index (Phi) is 3.71. The highest BCUT2D eigenvalue weighted by Gasteiger charge is 2.74. The third-order valence-corrected chi connectivity index (χ3v) is 7.69. The third kappa shape index (κ3) is 2.13. The van der Waals surface area contributed by atoms with E-state index in [0.29, 0.717) is 23.9 Å². The molecule has 5 aliphatic heterocycles. The van der Waals surface area contributed by atoms with Gasteiger partial charge in [0.2, 0.25) is 17.7 Å². The van der Waals surface area contributed by atoms with Crippen LogP contribution < -0.4 is 5.32 Å². The molecule has 152 valence electrons. The number of carbonyl (C=O) groups is 3. The van der Waals surface area contributed by atoms with Crippen molar-refractivity contribution in [2.24, 2.45) is 11.8 Å². The zero-order valence-electron chi connectivity index (χ0n) is 15.9. The standard InChI is InChI=1S/C21H22ClN3O4/c22-11-5-6-14-13(9-11)21(20(28)23-14)17-16(15-4-1-7-25(15)21)18(26)24(19(17)27)10-12-3-2-8-29-12/h5-6,9,12,15-17H,1-4,7-8,10H2,(H,23,28)/t12?,15-,16-,17+,21+/m1/s1. The van der Waals surface area contributed by atoms with E-state index in [2.05, 4.69) is 10.2 Å². The van der Waals surface area contributed by atoms with Gasteiger partial charge in [-0.15, -0.1) is 0 Å². The Labute approximate surface area is 173 Å². The lowest BCUT2D eigenvalue weighted by molar-refractivity contribution is -0.147. The summed E-state index contributed by atoms with van der Waals surface area (Å²) in [6, 6.07) is 5.21. The quantitative estimate of drug-likeness (QED) is 0.744. The zero-order valence-corrected chi connectivity index (χ0v) is 16.7. The second kappa shape index (κ2) is 6.03. The second-order valence-electron chi connectivity index (χ2n) is 8.74. The molecule has 1 unspecified atom stereocenters. The van der Waals surface area contributed by atoms with Crippen LogP contribution in [0.3, 0.4) is 0 Å². The van der Waals surface area contributed by atoms with Gasteiger partial charge in [0, 0.05) is 28.9 Å². The lowest BCUT2D eigenvalue weighted by atomic mass is 9.75. The molecule has 0 aromatic heterocycles. The van der Waals surface area contributed by atoms with E-state index >= 15 is 0 Å². The van der Waals surface area contributed by atoms with Gasteiger partial charge in [0.15, 0.2) is 0 Å². The van der Waals surface area contributed by atoms with Gasteiger partial charge < -0.3 is 10.1 Å². The number of hydrogen-bond donors (Lipinski definition) is 1. The Bertz CT molecular complexity index is 946. The predicted molar refractivity (Wildman–Crippen MR) is 104 cm³/mol. The van der Waals surface area contributed by atoms with Crippen LogP contribution >= 0.6 is 11.6 Å². The molecule has 7 nitrogen and oxygen atoms in total. The molecule has 0 aliphatic carbocycles. The van der Waals surface area contributed by atoms with E-state index in [4.69, 9.17) is 16.3 Å². The Morgan fingerprint density at radius 2 is 2.03 bits per heavy atom. The van der Waals surface area contributed by atoms with Crippen LogP contribution in [0.25, 0.3) is 0 Å². The van der Waals surface area contributed by atoms with Gasteiger partial charge in [-0.2, -0.15) is 0 Å². The summed E-state index contributed by atoms with van der Waals surface area (Å²) >= 11 is 6.29.